The molecule has 0 spiro atoms. The maximum absolute atomic E-state index is 12.6. The van der Waals surface area contributed by atoms with Gasteiger partial charge < -0.3 is 5.32 Å². The molecule has 1 N–H and O–H groups in total. The maximum atomic E-state index is 12.6. The summed E-state index contributed by atoms with van der Waals surface area (Å²) in [6.07, 6.45) is 5.34. The summed E-state index contributed by atoms with van der Waals surface area (Å²) in [7, 11) is 3.67. The third kappa shape index (κ3) is 4.91. The second kappa shape index (κ2) is 9.39. The molecule has 32 heavy (non-hydrogen) atoms. The molecule has 1 saturated carbocycles. The molecule has 2 aromatic heterocycles. The van der Waals surface area contributed by atoms with E-state index in [1.807, 2.05) is 18.8 Å². The Morgan fingerprint density at radius 2 is 1.94 bits per heavy atom. The molecule has 9 nitrogen and oxygen atoms in total. The van der Waals surface area contributed by atoms with Crippen LogP contribution >= 0.6 is 0 Å². The van der Waals surface area contributed by atoms with E-state index in [9.17, 15) is 14.0 Å². The number of carbonyl (C=O) groups is 2. The average Bonchev–Trinajstić information content (AvgIpc) is 3.43. The monoisotopic (exact) mass is 439 g/mol. The van der Waals surface area contributed by atoms with Crippen molar-refractivity contribution in [2.45, 2.75) is 44.3 Å². The van der Waals surface area contributed by atoms with Gasteiger partial charge in [-0.15, -0.1) is 5.10 Å². The molecule has 168 valence electrons. The number of hydrogen-bond donors (Lipinski definition) is 1. The van der Waals surface area contributed by atoms with Crippen LogP contribution in [0.2, 0.25) is 0 Å². The van der Waals surface area contributed by atoms with Gasteiger partial charge in [-0.2, -0.15) is 5.10 Å². The summed E-state index contributed by atoms with van der Waals surface area (Å²) in [6.45, 7) is 1.28. The quantitative estimate of drug-likeness (QED) is 0.611. The molecule has 10 heteroatoms. The Hall–Kier alpha value is -3.40. The van der Waals surface area contributed by atoms with Gasteiger partial charge in [0.25, 0.3) is 0 Å². The number of aromatic nitrogens is 5. The fourth-order valence-electron chi connectivity index (χ4n) is 3.64. The van der Waals surface area contributed by atoms with Crippen molar-refractivity contribution in [3.8, 4) is 0 Å². The molecular weight excluding hydrogens is 413 g/mol. The van der Waals surface area contributed by atoms with Crippen molar-refractivity contribution in [3.05, 3.63) is 59.6 Å². The van der Waals surface area contributed by atoms with E-state index in [4.69, 9.17) is 0 Å². The van der Waals surface area contributed by atoms with Crippen LogP contribution in [0.3, 0.4) is 0 Å². The number of anilines is 1. The lowest BCUT2D eigenvalue weighted by Gasteiger charge is -2.18. The molecule has 3 aromatic rings. The Morgan fingerprint density at radius 1 is 1.19 bits per heavy atom. The zero-order valence-electron chi connectivity index (χ0n) is 18.1. The molecule has 0 saturated heterocycles. The minimum Gasteiger partial charge on any atom is -0.309 e. The number of fused-ring (bicyclic) bond motifs is 1. The van der Waals surface area contributed by atoms with Gasteiger partial charge in [-0.05, 0) is 44.0 Å². The predicted molar refractivity (Wildman–Crippen MR) is 116 cm³/mol. The van der Waals surface area contributed by atoms with Crippen LogP contribution in [-0.2, 0) is 17.9 Å². The lowest BCUT2D eigenvalue weighted by Crippen LogP contribution is -2.42. The number of likely N-dealkylation sites (N-methyl/N-ethyl adjacent to an activating group) is 2. The molecule has 1 unspecified atom stereocenters. The van der Waals surface area contributed by atoms with Crippen LogP contribution in [0.15, 0.2) is 36.7 Å². The largest absolute Gasteiger partial charge is 0.309 e. The number of benzene rings is 1. The number of rotatable bonds is 5. The van der Waals surface area contributed by atoms with Gasteiger partial charge in [-0.3, -0.25) is 14.5 Å². The van der Waals surface area contributed by atoms with E-state index >= 15 is 0 Å². The standard InChI is InChI=1S/C12H18N4O.C10H8FN3O/c1-13-9-5-6-16-11(15(2)12(9)17)7-10(14-16)8-3-4-8;11-9-3-1-8(2-4-9)5-14-7-12-10(6-15)13-14/h7-9,13H,3-6H2,1-2H3;1-4,6-7H,5H2. The summed E-state index contributed by atoms with van der Waals surface area (Å²) in [4.78, 5) is 28.0. The second-order valence-corrected chi connectivity index (χ2v) is 8.00. The van der Waals surface area contributed by atoms with E-state index in [-0.39, 0.29) is 23.6 Å². The van der Waals surface area contributed by atoms with Gasteiger partial charge in [0.15, 0.2) is 6.29 Å². The van der Waals surface area contributed by atoms with E-state index in [1.165, 1.54) is 36.0 Å². The topological polar surface area (TPSA) is 97.9 Å². The van der Waals surface area contributed by atoms with Gasteiger partial charge >= 0.3 is 0 Å². The number of carbonyl (C=O) groups excluding carboxylic acids is 2. The first-order valence-electron chi connectivity index (χ1n) is 10.6. The fraction of sp³-hybridized carbons (Fsp3) is 0.409. The van der Waals surface area contributed by atoms with Crippen LogP contribution in [0, 0.1) is 5.82 Å². The van der Waals surface area contributed by atoms with Gasteiger partial charge in [-0.25, -0.2) is 18.7 Å². The predicted octanol–water partition coefficient (Wildman–Crippen LogP) is 1.99. The van der Waals surface area contributed by atoms with E-state index in [1.54, 1.807) is 17.0 Å². The summed E-state index contributed by atoms with van der Waals surface area (Å²) in [5.41, 5.74) is 2.06. The minimum absolute atomic E-state index is 0.0916. The van der Waals surface area contributed by atoms with Crippen molar-refractivity contribution in [2.75, 3.05) is 19.0 Å². The molecule has 1 amide bonds. The van der Waals surface area contributed by atoms with Crippen molar-refractivity contribution in [1.29, 1.82) is 0 Å². The molecule has 1 fully saturated rings. The number of aldehydes is 1. The number of amides is 1. The van der Waals surface area contributed by atoms with E-state index in [2.05, 4.69) is 26.6 Å². The zero-order chi connectivity index (χ0) is 22.7. The molecule has 5 rings (SSSR count). The van der Waals surface area contributed by atoms with Gasteiger partial charge in [0, 0.05) is 25.6 Å². The molecular formula is C22H26FN7O2. The summed E-state index contributed by atoms with van der Waals surface area (Å²) in [5.74, 6) is 1.59. The van der Waals surface area contributed by atoms with Crippen molar-refractivity contribution in [1.82, 2.24) is 29.9 Å². The van der Waals surface area contributed by atoms with E-state index in [0.717, 1.165) is 30.0 Å². The Labute approximate surface area is 185 Å². The summed E-state index contributed by atoms with van der Waals surface area (Å²) in [6, 6.07) is 8.08. The van der Waals surface area contributed by atoms with Crippen molar-refractivity contribution >= 4 is 18.0 Å². The number of hydrogen-bond acceptors (Lipinski definition) is 6. The van der Waals surface area contributed by atoms with Crippen LogP contribution in [0.4, 0.5) is 10.2 Å². The summed E-state index contributed by atoms with van der Waals surface area (Å²) >= 11 is 0. The molecule has 0 bridgehead atoms. The van der Waals surface area contributed by atoms with Crippen molar-refractivity contribution < 1.29 is 14.0 Å². The summed E-state index contributed by atoms with van der Waals surface area (Å²) in [5, 5.41) is 11.6. The zero-order valence-corrected chi connectivity index (χ0v) is 18.1. The number of nitrogens with zero attached hydrogens (tertiary/aromatic N) is 6. The molecule has 1 aliphatic heterocycles. The molecule has 1 aliphatic carbocycles. The normalized spacial score (nSPS) is 17.9. The Balaban J connectivity index is 0.000000155. The van der Waals surface area contributed by atoms with Crippen molar-refractivity contribution in [3.63, 3.8) is 0 Å². The summed E-state index contributed by atoms with van der Waals surface area (Å²) < 4.78 is 16.1. The van der Waals surface area contributed by atoms with Crippen LogP contribution < -0.4 is 10.2 Å². The molecule has 1 atom stereocenters. The number of nitrogens with one attached hydrogen (secondary N) is 1. The molecule has 2 aliphatic rings. The Morgan fingerprint density at radius 3 is 2.56 bits per heavy atom. The van der Waals surface area contributed by atoms with E-state index in [0.29, 0.717) is 18.7 Å². The second-order valence-electron chi connectivity index (χ2n) is 8.00. The highest BCUT2D eigenvalue weighted by molar-refractivity contribution is 5.96. The Bertz CT molecular complexity index is 1090. The number of aryl methyl sites for hydroxylation is 1. The first-order valence-corrected chi connectivity index (χ1v) is 10.6. The number of halogens is 1. The maximum Gasteiger partial charge on any atom is 0.245 e. The van der Waals surface area contributed by atoms with E-state index < -0.39 is 0 Å². The van der Waals surface area contributed by atoms with Crippen LogP contribution in [0.5, 0.6) is 0 Å². The van der Waals surface area contributed by atoms with Gasteiger partial charge in [0.1, 0.15) is 18.0 Å². The molecule has 0 radical (unpaired) electrons. The van der Waals surface area contributed by atoms with Crippen LogP contribution in [-0.4, -0.2) is 56.9 Å². The van der Waals surface area contributed by atoms with Gasteiger partial charge in [-0.1, -0.05) is 12.1 Å². The van der Waals surface area contributed by atoms with Gasteiger partial charge in [0.2, 0.25) is 11.7 Å². The first-order chi connectivity index (χ1) is 15.5. The fourth-order valence-corrected chi connectivity index (χ4v) is 3.64. The van der Waals surface area contributed by atoms with Crippen LogP contribution in [0.25, 0.3) is 0 Å². The lowest BCUT2D eigenvalue weighted by atomic mass is 10.2. The highest BCUT2D eigenvalue weighted by atomic mass is 19.1. The molecule has 3 heterocycles. The lowest BCUT2D eigenvalue weighted by molar-refractivity contribution is -0.120. The Kier molecular flexibility index (Phi) is 6.40. The van der Waals surface area contributed by atoms with Crippen LogP contribution in [0.1, 0.15) is 47.1 Å². The smallest absolute Gasteiger partial charge is 0.245 e. The van der Waals surface area contributed by atoms with Gasteiger partial charge in [0.05, 0.1) is 18.3 Å². The average molecular weight is 439 g/mol. The minimum atomic E-state index is -0.272. The SMILES string of the molecule is CNC1CCn2nc(C3CC3)cc2N(C)C1=O.O=Cc1ncn(Cc2ccc(F)cc2)n1. The third-order valence-corrected chi connectivity index (χ3v) is 5.64. The van der Waals surface area contributed by atoms with Crippen molar-refractivity contribution in [2.24, 2.45) is 0 Å². The first kappa shape index (κ1) is 21.8. The highest BCUT2D eigenvalue weighted by Crippen LogP contribution is 2.40. The third-order valence-electron chi connectivity index (χ3n) is 5.64. The molecule has 1 aromatic carbocycles. The highest BCUT2D eigenvalue weighted by Gasteiger charge is 2.32.